The van der Waals surface area contributed by atoms with E-state index >= 15 is 0 Å². The van der Waals surface area contributed by atoms with E-state index in [1.54, 1.807) is 19.1 Å². The minimum atomic E-state index is -0.295. The Morgan fingerprint density at radius 3 is 2.70 bits per heavy atom. The van der Waals surface area contributed by atoms with Gasteiger partial charge in [0.05, 0.1) is 28.0 Å². The molecule has 3 heterocycles. The molecule has 1 amide bonds. The number of hydrogen-bond donors (Lipinski definition) is 2. The summed E-state index contributed by atoms with van der Waals surface area (Å²) in [6, 6.07) is 5.12. The van der Waals surface area contributed by atoms with Crippen molar-refractivity contribution < 1.29 is 18.8 Å². The van der Waals surface area contributed by atoms with E-state index in [0.717, 1.165) is 18.5 Å². The first-order valence-electron chi connectivity index (χ1n) is 8.37. The third-order valence-corrected chi connectivity index (χ3v) is 4.67. The van der Waals surface area contributed by atoms with Gasteiger partial charge in [-0.05, 0) is 25.8 Å². The maximum absolute atomic E-state index is 13.0. The molecule has 0 saturated heterocycles. The molecule has 1 aliphatic carbocycles. The van der Waals surface area contributed by atoms with Gasteiger partial charge in [0.2, 0.25) is 6.79 Å². The summed E-state index contributed by atoms with van der Waals surface area (Å²) >= 11 is 0. The van der Waals surface area contributed by atoms with E-state index in [4.69, 9.17) is 19.7 Å². The number of carbonyl (C=O) groups excluding carboxylic acids is 1. The summed E-state index contributed by atoms with van der Waals surface area (Å²) in [5.74, 6) is 1.20. The molecular weight excluding hydrogens is 372 g/mol. The smallest absolute Gasteiger partial charge is 0.259 e. The molecule has 2 aliphatic rings. The summed E-state index contributed by atoms with van der Waals surface area (Å²) in [5, 5.41) is 7.42. The predicted octanol–water partition coefficient (Wildman–Crippen LogP) is 3.39. The molecule has 1 fully saturated rings. The van der Waals surface area contributed by atoms with Gasteiger partial charge in [-0.3, -0.25) is 4.79 Å². The van der Waals surface area contributed by atoms with Crippen LogP contribution >= 0.6 is 12.4 Å². The maximum atomic E-state index is 13.0. The Bertz CT molecular complexity index is 1060. The molecule has 3 N–H and O–H groups in total. The van der Waals surface area contributed by atoms with Gasteiger partial charge in [-0.2, -0.15) is 0 Å². The molecule has 3 aromatic rings. The lowest BCUT2D eigenvalue weighted by Crippen LogP contribution is -2.14. The summed E-state index contributed by atoms with van der Waals surface area (Å²) in [5.41, 5.74) is 9.25. The molecular formula is C18H17ClN4O4. The molecule has 9 heteroatoms. The predicted molar refractivity (Wildman–Crippen MR) is 101 cm³/mol. The molecule has 2 aromatic heterocycles. The lowest BCUT2D eigenvalue weighted by Gasteiger charge is -2.11. The van der Waals surface area contributed by atoms with Crippen molar-refractivity contribution in [3.8, 4) is 11.5 Å². The molecule has 0 unspecified atom stereocenters. The van der Waals surface area contributed by atoms with Crippen molar-refractivity contribution in [2.24, 2.45) is 0 Å². The van der Waals surface area contributed by atoms with Crippen molar-refractivity contribution in [2.75, 3.05) is 17.8 Å². The van der Waals surface area contributed by atoms with Gasteiger partial charge in [0.15, 0.2) is 11.5 Å². The molecule has 0 bridgehead atoms. The average molecular weight is 389 g/mol. The Morgan fingerprint density at radius 2 is 1.96 bits per heavy atom. The first kappa shape index (κ1) is 17.4. The van der Waals surface area contributed by atoms with Crippen molar-refractivity contribution in [3.63, 3.8) is 0 Å². The van der Waals surface area contributed by atoms with Crippen LogP contribution in [0.15, 0.2) is 22.7 Å². The largest absolute Gasteiger partial charge is 0.454 e. The van der Waals surface area contributed by atoms with Crippen molar-refractivity contribution in [1.29, 1.82) is 0 Å². The number of carbonyl (C=O) groups is 1. The van der Waals surface area contributed by atoms with Crippen LogP contribution in [0.25, 0.3) is 11.1 Å². The lowest BCUT2D eigenvalue weighted by molar-refractivity contribution is 0.102. The van der Waals surface area contributed by atoms with Crippen LogP contribution in [0.4, 0.5) is 11.4 Å². The number of nitrogens with zero attached hydrogens (tertiary/aromatic N) is 2. The van der Waals surface area contributed by atoms with E-state index in [-0.39, 0.29) is 25.1 Å². The number of aromatic nitrogens is 2. The zero-order valence-electron chi connectivity index (χ0n) is 14.4. The standard InChI is InChI=1S/C18H16N4O4.ClH/c1-8-16-10(4-12(9-2-3-9)21-18(16)26-22-8)17(23)20-13-6-15-14(5-11(13)19)24-7-25-15;/h4-6,9H,2-3,7,19H2,1H3,(H,20,23);1H. The van der Waals surface area contributed by atoms with E-state index in [0.29, 0.717) is 51.1 Å². The second-order valence-electron chi connectivity index (χ2n) is 6.56. The van der Waals surface area contributed by atoms with E-state index in [1.165, 1.54) is 0 Å². The normalized spacial score (nSPS) is 14.9. The monoisotopic (exact) mass is 388 g/mol. The zero-order chi connectivity index (χ0) is 17.8. The van der Waals surface area contributed by atoms with Crippen LogP contribution in [0.2, 0.25) is 0 Å². The van der Waals surface area contributed by atoms with Crippen molar-refractivity contribution >= 4 is 40.8 Å². The van der Waals surface area contributed by atoms with Crippen molar-refractivity contribution in [3.05, 3.63) is 35.2 Å². The van der Waals surface area contributed by atoms with E-state index in [2.05, 4.69) is 15.5 Å². The van der Waals surface area contributed by atoms with Crippen LogP contribution in [-0.4, -0.2) is 22.8 Å². The molecule has 1 aromatic carbocycles. The van der Waals surface area contributed by atoms with Gasteiger partial charge in [-0.1, -0.05) is 5.16 Å². The van der Waals surface area contributed by atoms with Crippen LogP contribution in [0.3, 0.4) is 0 Å². The van der Waals surface area contributed by atoms with E-state index in [1.807, 2.05) is 6.07 Å². The van der Waals surface area contributed by atoms with E-state index in [9.17, 15) is 4.79 Å². The van der Waals surface area contributed by atoms with Gasteiger partial charge in [0, 0.05) is 23.7 Å². The van der Waals surface area contributed by atoms with Crippen LogP contribution < -0.4 is 20.5 Å². The summed E-state index contributed by atoms with van der Waals surface area (Å²) in [6.45, 7) is 1.93. The number of nitrogen functional groups attached to an aromatic ring is 1. The van der Waals surface area contributed by atoms with Gasteiger partial charge in [0.25, 0.3) is 11.6 Å². The Balaban J connectivity index is 0.00000180. The quantitative estimate of drug-likeness (QED) is 0.661. The number of hydrogen-bond acceptors (Lipinski definition) is 7. The molecule has 0 atom stereocenters. The summed E-state index contributed by atoms with van der Waals surface area (Å²) < 4.78 is 15.9. The minimum Gasteiger partial charge on any atom is -0.454 e. The Morgan fingerprint density at radius 1 is 1.22 bits per heavy atom. The van der Waals surface area contributed by atoms with Crippen LogP contribution in [-0.2, 0) is 0 Å². The molecule has 0 spiro atoms. The number of nitrogens with one attached hydrogen (secondary N) is 1. The Hall–Kier alpha value is -3.00. The molecule has 5 rings (SSSR count). The molecule has 1 saturated carbocycles. The first-order chi connectivity index (χ1) is 12.6. The topological polar surface area (TPSA) is 112 Å². The number of benzene rings is 1. The molecule has 0 radical (unpaired) electrons. The average Bonchev–Trinajstić information content (AvgIpc) is 3.28. The molecule has 8 nitrogen and oxygen atoms in total. The fourth-order valence-corrected chi connectivity index (χ4v) is 3.14. The van der Waals surface area contributed by atoms with Gasteiger partial charge >= 0.3 is 0 Å². The molecule has 140 valence electrons. The fraction of sp³-hybridized carbons (Fsp3) is 0.278. The molecule has 1 aliphatic heterocycles. The van der Waals surface area contributed by atoms with Crippen LogP contribution in [0.5, 0.6) is 11.5 Å². The van der Waals surface area contributed by atoms with Crippen LogP contribution in [0.1, 0.15) is 40.5 Å². The highest BCUT2D eigenvalue weighted by Crippen LogP contribution is 2.41. The highest BCUT2D eigenvalue weighted by Gasteiger charge is 2.29. The van der Waals surface area contributed by atoms with Gasteiger partial charge in [-0.25, -0.2) is 4.98 Å². The summed E-state index contributed by atoms with van der Waals surface area (Å²) in [6.07, 6.45) is 2.14. The fourth-order valence-electron chi connectivity index (χ4n) is 3.14. The number of fused-ring (bicyclic) bond motifs is 2. The second-order valence-corrected chi connectivity index (χ2v) is 6.56. The third kappa shape index (κ3) is 2.91. The van der Waals surface area contributed by atoms with Crippen molar-refractivity contribution in [2.45, 2.75) is 25.7 Å². The van der Waals surface area contributed by atoms with Gasteiger partial charge in [0.1, 0.15) is 0 Å². The second kappa shape index (κ2) is 6.31. The first-order valence-corrected chi connectivity index (χ1v) is 8.37. The SMILES string of the molecule is Cc1noc2nc(C3CC3)cc(C(=O)Nc3cc4c(cc3N)OCO4)c12.Cl. The summed E-state index contributed by atoms with van der Waals surface area (Å²) in [7, 11) is 0. The van der Waals surface area contributed by atoms with Crippen LogP contribution in [0, 0.1) is 6.92 Å². The number of nitrogens with two attached hydrogens (primary N) is 1. The third-order valence-electron chi connectivity index (χ3n) is 4.67. The lowest BCUT2D eigenvalue weighted by atomic mass is 10.1. The van der Waals surface area contributed by atoms with Gasteiger partial charge in [-0.15, -0.1) is 12.4 Å². The highest BCUT2D eigenvalue weighted by molar-refractivity contribution is 6.13. The number of rotatable bonds is 3. The zero-order valence-corrected chi connectivity index (χ0v) is 15.3. The minimum absolute atomic E-state index is 0. The van der Waals surface area contributed by atoms with Crippen molar-refractivity contribution in [1.82, 2.24) is 10.1 Å². The summed E-state index contributed by atoms with van der Waals surface area (Å²) in [4.78, 5) is 17.5. The number of anilines is 2. The highest BCUT2D eigenvalue weighted by atomic mass is 35.5. The Labute approximate surface area is 160 Å². The maximum Gasteiger partial charge on any atom is 0.259 e. The van der Waals surface area contributed by atoms with E-state index < -0.39 is 0 Å². The Kier molecular flexibility index (Phi) is 4.07. The van der Waals surface area contributed by atoms with Gasteiger partial charge < -0.3 is 25.0 Å². The molecule has 27 heavy (non-hydrogen) atoms. The number of ether oxygens (including phenoxy) is 2. The number of halogens is 1. The number of pyridine rings is 1. The number of amides is 1. The number of aryl methyl sites for hydroxylation is 1.